The van der Waals surface area contributed by atoms with Gasteiger partial charge in [0, 0.05) is 11.1 Å². The van der Waals surface area contributed by atoms with Gasteiger partial charge in [0.15, 0.2) is 0 Å². The Morgan fingerprint density at radius 3 is 2.90 bits per heavy atom. The summed E-state index contributed by atoms with van der Waals surface area (Å²) in [6.45, 7) is 0. The molecule has 2 aromatic heterocycles. The van der Waals surface area contributed by atoms with Gasteiger partial charge in [0.1, 0.15) is 5.69 Å². The van der Waals surface area contributed by atoms with Gasteiger partial charge >= 0.3 is 0 Å². The molecule has 1 fully saturated rings. The summed E-state index contributed by atoms with van der Waals surface area (Å²) in [5, 5.41) is 15.0. The summed E-state index contributed by atoms with van der Waals surface area (Å²) in [4.78, 5) is 16.2. The van der Waals surface area contributed by atoms with Crippen molar-refractivity contribution in [3.8, 4) is 0 Å². The smallest absolute Gasteiger partial charge is 0.268 e. The number of aromatic nitrogens is 1. The zero-order valence-corrected chi connectivity index (χ0v) is 12.2. The van der Waals surface area contributed by atoms with Crippen LogP contribution in [0, 0.1) is 5.92 Å². The van der Waals surface area contributed by atoms with Gasteiger partial charge in [0.2, 0.25) is 0 Å². The Morgan fingerprint density at radius 2 is 2.35 bits per heavy atom. The second-order valence-electron chi connectivity index (χ2n) is 5.08. The first kappa shape index (κ1) is 13.7. The molecule has 0 unspecified atom stereocenters. The normalized spacial score (nSPS) is 23.1. The molecule has 6 heteroatoms. The van der Waals surface area contributed by atoms with Gasteiger partial charge in [-0.15, -0.1) is 11.3 Å². The second-order valence-corrected chi connectivity index (χ2v) is 6.50. The SMILES string of the molecule is O=C(N[C@@H](c1cccs1)C1CC(O)C1)c1cc(Cl)c[nH]1. The zero-order chi connectivity index (χ0) is 14.1. The Balaban J connectivity index is 1.75. The highest BCUT2D eigenvalue weighted by molar-refractivity contribution is 7.10. The first-order chi connectivity index (χ1) is 9.63. The minimum Gasteiger partial charge on any atom is -0.393 e. The first-order valence-corrected chi connectivity index (χ1v) is 7.75. The average molecular weight is 311 g/mol. The number of aliphatic hydroxyl groups excluding tert-OH is 1. The molecule has 1 saturated carbocycles. The molecule has 4 nitrogen and oxygen atoms in total. The number of carbonyl (C=O) groups is 1. The summed E-state index contributed by atoms with van der Waals surface area (Å²) in [6, 6.07) is 5.55. The van der Waals surface area contributed by atoms with E-state index in [0.717, 1.165) is 17.7 Å². The van der Waals surface area contributed by atoms with Gasteiger partial charge in [0.05, 0.1) is 17.2 Å². The summed E-state index contributed by atoms with van der Waals surface area (Å²) >= 11 is 7.44. The van der Waals surface area contributed by atoms with Gasteiger partial charge in [0.25, 0.3) is 5.91 Å². The van der Waals surface area contributed by atoms with Crippen LogP contribution in [0.25, 0.3) is 0 Å². The summed E-state index contributed by atoms with van der Waals surface area (Å²) < 4.78 is 0. The van der Waals surface area contributed by atoms with Crippen LogP contribution >= 0.6 is 22.9 Å². The maximum Gasteiger partial charge on any atom is 0.268 e. The molecule has 0 aromatic carbocycles. The predicted molar refractivity (Wildman–Crippen MR) is 79.1 cm³/mol. The number of aromatic amines is 1. The topological polar surface area (TPSA) is 65.1 Å². The van der Waals surface area contributed by atoms with E-state index in [9.17, 15) is 9.90 Å². The van der Waals surface area contributed by atoms with E-state index in [2.05, 4.69) is 10.3 Å². The molecule has 0 spiro atoms. The van der Waals surface area contributed by atoms with E-state index in [1.807, 2.05) is 17.5 Å². The van der Waals surface area contributed by atoms with Gasteiger partial charge in [-0.05, 0) is 36.3 Å². The highest BCUT2D eigenvalue weighted by Gasteiger charge is 2.36. The molecule has 2 heterocycles. The number of rotatable bonds is 4. The lowest BCUT2D eigenvalue weighted by atomic mass is 9.76. The van der Waals surface area contributed by atoms with Gasteiger partial charge < -0.3 is 15.4 Å². The molecule has 0 radical (unpaired) electrons. The van der Waals surface area contributed by atoms with E-state index in [1.165, 1.54) is 0 Å². The van der Waals surface area contributed by atoms with Crippen molar-refractivity contribution in [2.75, 3.05) is 0 Å². The lowest BCUT2D eigenvalue weighted by molar-refractivity contribution is 0.0240. The van der Waals surface area contributed by atoms with E-state index in [-0.39, 0.29) is 24.0 Å². The fourth-order valence-electron chi connectivity index (χ4n) is 2.51. The monoisotopic (exact) mass is 310 g/mol. The Kier molecular flexibility index (Phi) is 3.83. The van der Waals surface area contributed by atoms with E-state index in [0.29, 0.717) is 10.7 Å². The summed E-state index contributed by atoms with van der Waals surface area (Å²) in [5.41, 5.74) is 0.455. The number of thiophene rings is 1. The third-order valence-corrected chi connectivity index (χ3v) is 4.82. The maximum absolute atomic E-state index is 12.2. The van der Waals surface area contributed by atoms with Gasteiger partial charge in [-0.2, -0.15) is 0 Å². The standard InChI is InChI=1S/C14H15ClN2O2S/c15-9-6-11(16-7-9)14(19)17-13(8-4-10(18)5-8)12-2-1-3-20-12/h1-3,6-8,10,13,16,18H,4-5H2,(H,17,19)/t8?,10?,13-/m1/s1. The molecule has 0 aliphatic heterocycles. The van der Waals surface area contributed by atoms with Crippen LogP contribution in [0.1, 0.15) is 34.2 Å². The van der Waals surface area contributed by atoms with Crippen LogP contribution in [0.15, 0.2) is 29.8 Å². The lowest BCUT2D eigenvalue weighted by Gasteiger charge is -2.37. The van der Waals surface area contributed by atoms with Crippen LogP contribution in [0.4, 0.5) is 0 Å². The largest absolute Gasteiger partial charge is 0.393 e. The number of H-pyrrole nitrogens is 1. The van der Waals surface area contributed by atoms with Crippen molar-refractivity contribution < 1.29 is 9.90 Å². The fourth-order valence-corrected chi connectivity index (χ4v) is 3.54. The molecule has 1 amide bonds. The predicted octanol–water partition coefficient (Wildman–Crippen LogP) is 2.97. The van der Waals surface area contributed by atoms with Gasteiger partial charge in [-0.3, -0.25) is 4.79 Å². The quantitative estimate of drug-likeness (QED) is 0.813. The van der Waals surface area contributed by atoms with Crippen LogP contribution in [-0.4, -0.2) is 22.1 Å². The molecule has 3 N–H and O–H groups in total. The first-order valence-electron chi connectivity index (χ1n) is 6.49. The number of nitrogens with one attached hydrogen (secondary N) is 2. The number of hydrogen-bond acceptors (Lipinski definition) is 3. The molecule has 0 bridgehead atoms. The van der Waals surface area contributed by atoms with Crippen LogP contribution in [0.2, 0.25) is 5.02 Å². The number of amides is 1. The lowest BCUT2D eigenvalue weighted by Crippen LogP contribution is -2.41. The minimum absolute atomic E-state index is 0.0482. The molecule has 0 saturated heterocycles. The summed E-state index contributed by atoms with van der Waals surface area (Å²) in [6.07, 6.45) is 2.81. The van der Waals surface area contributed by atoms with Crippen LogP contribution in [-0.2, 0) is 0 Å². The van der Waals surface area contributed by atoms with Crippen LogP contribution < -0.4 is 5.32 Å². The summed E-state index contributed by atoms with van der Waals surface area (Å²) in [5.74, 6) is 0.120. The highest BCUT2D eigenvalue weighted by Crippen LogP contribution is 2.39. The molecule has 3 rings (SSSR count). The maximum atomic E-state index is 12.2. The van der Waals surface area contributed by atoms with Gasteiger partial charge in [-0.25, -0.2) is 0 Å². The third kappa shape index (κ3) is 2.75. The number of aliphatic hydroxyl groups is 1. The van der Waals surface area contributed by atoms with Crippen LogP contribution in [0.5, 0.6) is 0 Å². The Hall–Kier alpha value is -1.30. The van der Waals surface area contributed by atoms with E-state index < -0.39 is 0 Å². The second kappa shape index (κ2) is 5.60. The van der Waals surface area contributed by atoms with E-state index in [4.69, 9.17) is 11.6 Å². The van der Waals surface area contributed by atoms with Crippen LogP contribution in [0.3, 0.4) is 0 Å². The molecule has 2 aromatic rings. The molecular weight excluding hydrogens is 296 g/mol. The number of carbonyl (C=O) groups excluding carboxylic acids is 1. The molecule has 1 aliphatic rings. The number of halogens is 1. The van der Waals surface area contributed by atoms with Crippen molar-refractivity contribution in [1.82, 2.24) is 10.3 Å². The molecule has 1 atom stereocenters. The molecule has 1 aliphatic carbocycles. The minimum atomic E-state index is -0.237. The van der Waals surface area contributed by atoms with Gasteiger partial charge in [-0.1, -0.05) is 17.7 Å². The Labute approximate surface area is 125 Å². The van der Waals surface area contributed by atoms with Crippen molar-refractivity contribution in [2.24, 2.45) is 5.92 Å². The molecule has 106 valence electrons. The zero-order valence-electron chi connectivity index (χ0n) is 10.7. The Morgan fingerprint density at radius 1 is 1.55 bits per heavy atom. The Bertz CT molecular complexity index is 590. The molecular formula is C14H15ClN2O2S. The fraction of sp³-hybridized carbons (Fsp3) is 0.357. The number of hydrogen-bond donors (Lipinski definition) is 3. The van der Waals surface area contributed by atoms with Crippen molar-refractivity contribution >= 4 is 28.8 Å². The van der Waals surface area contributed by atoms with Crippen molar-refractivity contribution in [1.29, 1.82) is 0 Å². The molecule has 20 heavy (non-hydrogen) atoms. The van der Waals surface area contributed by atoms with Crippen molar-refractivity contribution in [3.63, 3.8) is 0 Å². The van der Waals surface area contributed by atoms with Crippen molar-refractivity contribution in [3.05, 3.63) is 45.4 Å². The van der Waals surface area contributed by atoms with Crippen molar-refractivity contribution in [2.45, 2.75) is 25.0 Å². The highest BCUT2D eigenvalue weighted by atomic mass is 35.5. The van der Waals surface area contributed by atoms with E-state index in [1.54, 1.807) is 23.6 Å². The van der Waals surface area contributed by atoms with E-state index >= 15 is 0 Å². The third-order valence-electron chi connectivity index (χ3n) is 3.65. The average Bonchev–Trinajstić information content (AvgIpc) is 3.03. The summed E-state index contributed by atoms with van der Waals surface area (Å²) in [7, 11) is 0.